The zero-order valence-corrected chi connectivity index (χ0v) is 12.3. The molecule has 0 radical (unpaired) electrons. The fourth-order valence-corrected chi connectivity index (χ4v) is 2.48. The summed E-state index contributed by atoms with van der Waals surface area (Å²) in [6, 6.07) is 0.810. The van der Waals surface area contributed by atoms with Gasteiger partial charge in [0.1, 0.15) is 0 Å². The number of carbonyl (C=O) groups is 1. The molecule has 1 saturated heterocycles. The van der Waals surface area contributed by atoms with Crippen molar-refractivity contribution in [2.45, 2.75) is 44.7 Å². The van der Waals surface area contributed by atoms with E-state index >= 15 is 0 Å². The van der Waals surface area contributed by atoms with E-state index in [1.54, 1.807) is 0 Å². The summed E-state index contributed by atoms with van der Waals surface area (Å²) in [5.41, 5.74) is 0. The van der Waals surface area contributed by atoms with Gasteiger partial charge in [-0.2, -0.15) is 0 Å². The Morgan fingerprint density at radius 1 is 1.39 bits per heavy atom. The van der Waals surface area contributed by atoms with Crippen molar-refractivity contribution < 1.29 is 4.79 Å². The van der Waals surface area contributed by atoms with E-state index in [-0.39, 0.29) is 24.4 Å². The molecular weight excluding hydrogens is 250 g/mol. The van der Waals surface area contributed by atoms with Gasteiger partial charge in [-0.25, -0.2) is 0 Å². The van der Waals surface area contributed by atoms with Crippen molar-refractivity contribution in [3.8, 4) is 0 Å². The summed E-state index contributed by atoms with van der Waals surface area (Å²) in [6.07, 6.45) is 4.82. The van der Waals surface area contributed by atoms with Crippen LogP contribution in [-0.4, -0.2) is 49.6 Å². The molecule has 2 unspecified atom stereocenters. The number of rotatable bonds is 5. The molecule has 1 heterocycles. The van der Waals surface area contributed by atoms with E-state index in [4.69, 9.17) is 0 Å². The second-order valence-electron chi connectivity index (χ2n) is 5.64. The Morgan fingerprint density at radius 2 is 2.11 bits per heavy atom. The summed E-state index contributed by atoms with van der Waals surface area (Å²) in [4.78, 5) is 14.3. The maximum absolute atomic E-state index is 11.9. The normalized spacial score (nSPS) is 27.7. The molecule has 1 saturated carbocycles. The van der Waals surface area contributed by atoms with Crippen LogP contribution in [0.1, 0.15) is 32.6 Å². The second-order valence-corrected chi connectivity index (χ2v) is 5.64. The third kappa shape index (κ3) is 4.75. The van der Waals surface area contributed by atoms with Crippen LogP contribution in [-0.2, 0) is 4.79 Å². The first-order chi connectivity index (χ1) is 8.16. The van der Waals surface area contributed by atoms with Gasteiger partial charge in [0.15, 0.2) is 0 Å². The van der Waals surface area contributed by atoms with Crippen molar-refractivity contribution in [2.24, 2.45) is 5.92 Å². The third-order valence-corrected chi connectivity index (χ3v) is 3.92. The number of halogens is 1. The molecule has 1 aliphatic carbocycles. The zero-order chi connectivity index (χ0) is 12.3. The van der Waals surface area contributed by atoms with E-state index in [1.807, 2.05) is 0 Å². The SMILES string of the molecule is CC1CCNC(C(=O)NCCN(C)C2CC2)C1.Cl. The lowest BCUT2D eigenvalue weighted by molar-refractivity contribution is -0.124. The summed E-state index contributed by atoms with van der Waals surface area (Å²) >= 11 is 0. The first kappa shape index (κ1) is 15.7. The van der Waals surface area contributed by atoms with E-state index in [2.05, 4.69) is 29.5 Å². The average molecular weight is 276 g/mol. The van der Waals surface area contributed by atoms with Crippen LogP contribution in [0.25, 0.3) is 0 Å². The minimum absolute atomic E-state index is 0. The van der Waals surface area contributed by atoms with E-state index in [9.17, 15) is 4.79 Å². The number of piperidine rings is 1. The molecule has 2 fully saturated rings. The number of nitrogens with zero attached hydrogens (tertiary/aromatic N) is 1. The van der Waals surface area contributed by atoms with Gasteiger partial charge in [-0.3, -0.25) is 4.79 Å². The topological polar surface area (TPSA) is 44.4 Å². The van der Waals surface area contributed by atoms with Gasteiger partial charge >= 0.3 is 0 Å². The Kier molecular flexibility index (Phi) is 6.39. The van der Waals surface area contributed by atoms with Crippen LogP contribution in [0.4, 0.5) is 0 Å². The molecule has 0 aromatic carbocycles. The molecule has 18 heavy (non-hydrogen) atoms. The molecule has 0 aromatic rings. The maximum Gasteiger partial charge on any atom is 0.237 e. The van der Waals surface area contributed by atoms with Crippen LogP contribution in [0.2, 0.25) is 0 Å². The largest absolute Gasteiger partial charge is 0.353 e. The summed E-state index contributed by atoms with van der Waals surface area (Å²) in [7, 11) is 2.14. The predicted octanol–water partition coefficient (Wildman–Crippen LogP) is 1.01. The third-order valence-electron chi connectivity index (χ3n) is 3.92. The molecular formula is C13H26ClN3O. The first-order valence-corrected chi connectivity index (χ1v) is 6.88. The molecule has 0 bridgehead atoms. The van der Waals surface area contributed by atoms with Crippen LogP contribution in [0.3, 0.4) is 0 Å². The van der Waals surface area contributed by atoms with Crippen LogP contribution < -0.4 is 10.6 Å². The quantitative estimate of drug-likeness (QED) is 0.787. The first-order valence-electron chi connectivity index (χ1n) is 6.88. The van der Waals surface area contributed by atoms with Gasteiger partial charge < -0.3 is 15.5 Å². The number of amides is 1. The number of likely N-dealkylation sites (N-methyl/N-ethyl adjacent to an activating group) is 1. The number of hydrogen-bond donors (Lipinski definition) is 2. The molecule has 5 heteroatoms. The number of hydrogen-bond acceptors (Lipinski definition) is 3. The highest BCUT2D eigenvalue weighted by Crippen LogP contribution is 2.24. The van der Waals surface area contributed by atoms with Crippen LogP contribution in [0.15, 0.2) is 0 Å². The van der Waals surface area contributed by atoms with Crippen LogP contribution >= 0.6 is 12.4 Å². The molecule has 2 N–H and O–H groups in total. The van der Waals surface area contributed by atoms with E-state index in [0.29, 0.717) is 5.92 Å². The van der Waals surface area contributed by atoms with Gasteiger partial charge in [-0.05, 0) is 45.2 Å². The minimum Gasteiger partial charge on any atom is -0.353 e. The molecule has 2 aliphatic rings. The van der Waals surface area contributed by atoms with Crippen molar-refractivity contribution >= 4 is 18.3 Å². The molecule has 0 aromatic heterocycles. The Labute approximate surface area is 116 Å². The Balaban J connectivity index is 0.00000162. The molecule has 1 aliphatic heterocycles. The summed E-state index contributed by atoms with van der Waals surface area (Å²) in [6.45, 7) is 4.94. The lowest BCUT2D eigenvalue weighted by atomic mass is 9.94. The van der Waals surface area contributed by atoms with Crippen LogP contribution in [0.5, 0.6) is 0 Å². The van der Waals surface area contributed by atoms with Crippen molar-refractivity contribution in [1.29, 1.82) is 0 Å². The number of carbonyl (C=O) groups excluding carboxylic acids is 1. The highest BCUT2D eigenvalue weighted by atomic mass is 35.5. The highest BCUT2D eigenvalue weighted by molar-refractivity contribution is 5.85. The van der Waals surface area contributed by atoms with E-state index in [1.165, 1.54) is 19.3 Å². The Morgan fingerprint density at radius 3 is 2.72 bits per heavy atom. The standard InChI is InChI=1S/C13H25N3O.ClH/c1-10-5-6-14-12(9-10)13(17)15-7-8-16(2)11-3-4-11;/h10-12,14H,3-9H2,1-2H3,(H,15,17);1H. The van der Waals surface area contributed by atoms with Crippen molar-refractivity contribution in [2.75, 3.05) is 26.7 Å². The smallest absolute Gasteiger partial charge is 0.237 e. The van der Waals surface area contributed by atoms with Gasteiger partial charge in [-0.15, -0.1) is 12.4 Å². The van der Waals surface area contributed by atoms with Crippen molar-refractivity contribution in [1.82, 2.24) is 15.5 Å². The van der Waals surface area contributed by atoms with Crippen LogP contribution in [0, 0.1) is 5.92 Å². The summed E-state index contributed by atoms with van der Waals surface area (Å²) < 4.78 is 0. The zero-order valence-electron chi connectivity index (χ0n) is 11.4. The average Bonchev–Trinajstić information content (AvgIpc) is 3.12. The van der Waals surface area contributed by atoms with Gasteiger partial charge in [0, 0.05) is 19.1 Å². The molecule has 1 amide bonds. The lowest BCUT2D eigenvalue weighted by Crippen LogP contribution is -2.49. The summed E-state index contributed by atoms with van der Waals surface area (Å²) in [5, 5.41) is 6.34. The highest BCUT2D eigenvalue weighted by Gasteiger charge is 2.26. The van der Waals surface area contributed by atoms with E-state index < -0.39 is 0 Å². The molecule has 0 spiro atoms. The van der Waals surface area contributed by atoms with Gasteiger partial charge in [0.25, 0.3) is 0 Å². The monoisotopic (exact) mass is 275 g/mol. The molecule has 2 atom stereocenters. The summed E-state index contributed by atoms with van der Waals surface area (Å²) in [5.74, 6) is 0.849. The van der Waals surface area contributed by atoms with Gasteiger partial charge in [0.2, 0.25) is 5.91 Å². The van der Waals surface area contributed by atoms with E-state index in [0.717, 1.165) is 32.1 Å². The van der Waals surface area contributed by atoms with Gasteiger partial charge in [-0.1, -0.05) is 6.92 Å². The predicted molar refractivity (Wildman–Crippen MR) is 76.1 cm³/mol. The van der Waals surface area contributed by atoms with Crippen molar-refractivity contribution in [3.63, 3.8) is 0 Å². The minimum atomic E-state index is 0. The molecule has 2 rings (SSSR count). The van der Waals surface area contributed by atoms with Gasteiger partial charge in [0.05, 0.1) is 6.04 Å². The second kappa shape index (κ2) is 7.31. The fraction of sp³-hybridized carbons (Fsp3) is 0.923. The van der Waals surface area contributed by atoms with Crippen molar-refractivity contribution in [3.05, 3.63) is 0 Å². The fourth-order valence-electron chi connectivity index (χ4n) is 2.48. The Hall–Kier alpha value is -0.320. The lowest BCUT2D eigenvalue weighted by Gasteiger charge is -2.27. The number of nitrogens with one attached hydrogen (secondary N) is 2. The maximum atomic E-state index is 11.9. The Bertz CT molecular complexity index is 271. The molecule has 4 nitrogen and oxygen atoms in total. The molecule has 106 valence electrons.